The number of carbonyl (C=O) groups is 1. The monoisotopic (exact) mass is 418 g/mol. The molecule has 1 aliphatic rings. The summed E-state index contributed by atoms with van der Waals surface area (Å²) in [5.41, 5.74) is 1.42. The van der Waals surface area contributed by atoms with Gasteiger partial charge in [-0.25, -0.2) is 13.1 Å². The Morgan fingerprint density at radius 2 is 2.04 bits per heavy atom. The predicted octanol–water partition coefficient (Wildman–Crippen LogP) is 2.00. The van der Waals surface area contributed by atoms with Crippen LogP contribution >= 0.6 is 11.3 Å². The second kappa shape index (κ2) is 7.41. The molecule has 28 heavy (non-hydrogen) atoms. The van der Waals surface area contributed by atoms with E-state index in [1.165, 1.54) is 13.1 Å². The van der Waals surface area contributed by atoms with Crippen molar-refractivity contribution in [2.75, 3.05) is 18.9 Å². The molecule has 0 unspecified atom stereocenters. The maximum atomic E-state index is 12.4. The number of hydrogen-bond acceptors (Lipinski definition) is 7. The lowest BCUT2D eigenvalue weighted by Gasteiger charge is -2.15. The third kappa shape index (κ3) is 3.81. The Bertz CT molecular complexity index is 1070. The summed E-state index contributed by atoms with van der Waals surface area (Å²) in [6.07, 6.45) is 2.15. The summed E-state index contributed by atoms with van der Waals surface area (Å²) in [6.45, 7) is -0.276. The van der Waals surface area contributed by atoms with Gasteiger partial charge in [0.25, 0.3) is 10.0 Å². The molecule has 0 bridgehead atoms. The molecule has 0 spiro atoms. The lowest BCUT2D eigenvalue weighted by atomic mass is 10.2. The number of benzene rings is 1. The number of hydrogen-bond donors (Lipinski definition) is 1. The van der Waals surface area contributed by atoms with Gasteiger partial charge in [-0.3, -0.25) is 4.79 Å². The molecule has 9 nitrogen and oxygen atoms in total. The molecular weight excluding hydrogens is 400 g/mol. The quantitative estimate of drug-likeness (QED) is 0.628. The number of tetrazole rings is 1. The molecule has 0 atom stereocenters. The number of aromatic nitrogens is 4. The molecule has 0 aliphatic heterocycles. The van der Waals surface area contributed by atoms with Crippen LogP contribution in [0.1, 0.15) is 18.9 Å². The van der Waals surface area contributed by atoms with E-state index in [1.807, 2.05) is 16.8 Å². The van der Waals surface area contributed by atoms with Crippen LogP contribution in [0.15, 0.2) is 46.0 Å². The fourth-order valence-electron chi connectivity index (χ4n) is 2.70. The van der Waals surface area contributed by atoms with E-state index in [1.54, 1.807) is 23.6 Å². The van der Waals surface area contributed by atoms with Crippen LogP contribution < -0.4 is 5.32 Å². The van der Waals surface area contributed by atoms with Gasteiger partial charge in [0, 0.05) is 18.3 Å². The molecule has 0 radical (unpaired) electrons. The van der Waals surface area contributed by atoms with E-state index in [9.17, 15) is 13.2 Å². The Kier molecular flexibility index (Phi) is 4.96. The van der Waals surface area contributed by atoms with E-state index < -0.39 is 15.9 Å². The topological polar surface area (TPSA) is 110 Å². The predicted molar refractivity (Wildman–Crippen MR) is 104 cm³/mol. The first-order chi connectivity index (χ1) is 13.4. The smallest absolute Gasteiger partial charge is 0.252 e. The van der Waals surface area contributed by atoms with Crippen molar-refractivity contribution < 1.29 is 13.2 Å². The Labute approximate surface area is 166 Å². The number of nitrogens with one attached hydrogen (secondary N) is 1. The third-order valence-electron chi connectivity index (χ3n) is 4.34. The number of sulfonamides is 1. The van der Waals surface area contributed by atoms with E-state index in [4.69, 9.17) is 0 Å². The molecule has 1 N–H and O–H groups in total. The van der Waals surface area contributed by atoms with Gasteiger partial charge in [-0.05, 0) is 59.0 Å². The minimum Gasteiger partial charge on any atom is -0.325 e. The second-order valence-corrected chi connectivity index (χ2v) is 9.72. The fraction of sp³-hybridized carbons (Fsp3) is 0.294. The maximum Gasteiger partial charge on any atom is 0.252 e. The highest BCUT2D eigenvalue weighted by atomic mass is 32.2. The zero-order valence-corrected chi connectivity index (χ0v) is 16.7. The highest BCUT2D eigenvalue weighted by Crippen LogP contribution is 2.36. The van der Waals surface area contributed by atoms with Crippen LogP contribution in [-0.2, 0) is 14.8 Å². The number of rotatable bonds is 7. The first kappa shape index (κ1) is 18.7. The van der Waals surface area contributed by atoms with Crippen molar-refractivity contribution in [1.82, 2.24) is 24.5 Å². The molecule has 1 amide bonds. The second-order valence-electron chi connectivity index (χ2n) is 6.50. The molecule has 2 aromatic heterocycles. The van der Waals surface area contributed by atoms with Crippen LogP contribution in [-0.4, -0.2) is 52.4 Å². The Morgan fingerprint density at radius 1 is 1.29 bits per heavy atom. The van der Waals surface area contributed by atoms with Gasteiger partial charge < -0.3 is 5.32 Å². The van der Waals surface area contributed by atoms with E-state index >= 15 is 0 Å². The normalized spacial score (nSPS) is 14.4. The molecule has 2 heterocycles. The van der Waals surface area contributed by atoms with Gasteiger partial charge in [-0.15, -0.1) is 16.4 Å². The molecule has 1 fully saturated rings. The Hall–Kier alpha value is -2.63. The molecule has 4 rings (SSSR count). The number of anilines is 1. The van der Waals surface area contributed by atoms with Crippen molar-refractivity contribution in [2.24, 2.45) is 0 Å². The largest absolute Gasteiger partial charge is 0.325 e. The molecular formula is C17H18N6O3S2. The highest BCUT2D eigenvalue weighted by molar-refractivity contribution is 7.91. The van der Waals surface area contributed by atoms with Crippen LogP contribution in [0.3, 0.4) is 0 Å². The average molecular weight is 419 g/mol. The van der Waals surface area contributed by atoms with Gasteiger partial charge in [0.15, 0.2) is 5.82 Å². The number of nitrogens with zero attached hydrogens (tertiary/aromatic N) is 5. The van der Waals surface area contributed by atoms with Crippen LogP contribution in [0.4, 0.5) is 5.69 Å². The van der Waals surface area contributed by atoms with Crippen LogP contribution in [0.2, 0.25) is 0 Å². The van der Waals surface area contributed by atoms with Crippen LogP contribution in [0, 0.1) is 0 Å². The van der Waals surface area contributed by atoms with E-state index in [2.05, 4.69) is 20.8 Å². The lowest BCUT2D eigenvalue weighted by molar-refractivity contribution is -0.116. The lowest BCUT2D eigenvalue weighted by Crippen LogP contribution is -2.34. The minimum atomic E-state index is -3.66. The van der Waals surface area contributed by atoms with Gasteiger partial charge in [0.2, 0.25) is 5.91 Å². The summed E-state index contributed by atoms with van der Waals surface area (Å²) in [4.78, 5) is 12.3. The summed E-state index contributed by atoms with van der Waals surface area (Å²) in [6, 6.07) is 10.7. The number of thiophene rings is 1. The summed E-state index contributed by atoms with van der Waals surface area (Å²) >= 11 is 1.12. The van der Waals surface area contributed by atoms with Gasteiger partial charge in [0.1, 0.15) is 4.21 Å². The Balaban J connectivity index is 1.40. The van der Waals surface area contributed by atoms with Crippen molar-refractivity contribution in [3.8, 4) is 11.4 Å². The first-order valence-electron chi connectivity index (χ1n) is 8.63. The Morgan fingerprint density at radius 3 is 2.68 bits per heavy atom. The van der Waals surface area contributed by atoms with Crippen molar-refractivity contribution in [3.05, 3.63) is 41.8 Å². The van der Waals surface area contributed by atoms with Crippen molar-refractivity contribution in [1.29, 1.82) is 0 Å². The standard InChI is InChI=1S/C17H18N6O3S2/c1-22(28(25,26)16-3-2-10-27-16)11-15(24)18-13-6-4-12(5-7-13)17-19-20-21-23(17)14-8-9-14/h2-7,10,14H,8-9,11H2,1H3,(H,18,24). The fourth-order valence-corrected chi connectivity index (χ4v) is 5.03. The van der Waals surface area contributed by atoms with E-state index in [-0.39, 0.29) is 10.8 Å². The third-order valence-corrected chi connectivity index (χ3v) is 7.51. The molecule has 3 aromatic rings. The summed E-state index contributed by atoms with van der Waals surface area (Å²) < 4.78 is 27.8. The summed E-state index contributed by atoms with van der Waals surface area (Å²) in [5.74, 6) is 0.278. The first-order valence-corrected chi connectivity index (χ1v) is 10.9. The van der Waals surface area contributed by atoms with Gasteiger partial charge in [0.05, 0.1) is 12.6 Å². The van der Waals surface area contributed by atoms with Crippen LogP contribution in [0.5, 0.6) is 0 Å². The maximum absolute atomic E-state index is 12.4. The van der Waals surface area contributed by atoms with E-state index in [0.29, 0.717) is 17.6 Å². The number of carbonyl (C=O) groups excluding carboxylic acids is 1. The van der Waals surface area contributed by atoms with Gasteiger partial charge in [-0.2, -0.15) is 4.31 Å². The van der Waals surface area contributed by atoms with Gasteiger partial charge in [-0.1, -0.05) is 6.07 Å². The molecule has 1 aromatic carbocycles. The zero-order valence-electron chi connectivity index (χ0n) is 15.0. The molecule has 11 heteroatoms. The molecule has 1 saturated carbocycles. The van der Waals surface area contributed by atoms with Crippen LogP contribution in [0.25, 0.3) is 11.4 Å². The summed E-state index contributed by atoms with van der Waals surface area (Å²) in [5, 5.41) is 16.2. The average Bonchev–Trinajstić information content (AvgIpc) is 3.16. The van der Waals surface area contributed by atoms with Crippen molar-refractivity contribution in [3.63, 3.8) is 0 Å². The van der Waals surface area contributed by atoms with Crippen molar-refractivity contribution >= 4 is 33.0 Å². The zero-order chi connectivity index (χ0) is 19.7. The molecule has 0 saturated heterocycles. The van der Waals surface area contributed by atoms with Crippen molar-refractivity contribution in [2.45, 2.75) is 23.1 Å². The number of amides is 1. The van der Waals surface area contributed by atoms with Gasteiger partial charge >= 0.3 is 0 Å². The summed E-state index contributed by atoms with van der Waals surface area (Å²) in [7, 11) is -2.28. The molecule has 1 aliphatic carbocycles. The minimum absolute atomic E-state index is 0.209. The SMILES string of the molecule is CN(CC(=O)Nc1ccc(-c2nnnn2C2CC2)cc1)S(=O)(=O)c1cccs1. The molecule has 146 valence electrons. The highest BCUT2D eigenvalue weighted by Gasteiger charge is 2.28. The number of likely N-dealkylation sites (N-methyl/N-ethyl adjacent to an activating group) is 1. The van der Waals surface area contributed by atoms with E-state index in [0.717, 1.165) is 34.0 Å².